The Morgan fingerprint density at radius 1 is 1.44 bits per heavy atom. The number of allylic oxidation sites excluding steroid dienone is 1. The second kappa shape index (κ2) is 3.94. The molecule has 5 nitrogen and oxygen atoms in total. The van der Waals surface area contributed by atoms with Crippen molar-refractivity contribution in [1.29, 1.82) is 0 Å². The van der Waals surface area contributed by atoms with Crippen LogP contribution in [0.15, 0.2) is 27.8 Å². The van der Waals surface area contributed by atoms with Crippen molar-refractivity contribution in [3.63, 3.8) is 0 Å². The molecule has 2 atom stereocenters. The van der Waals surface area contributed by atoms with Crippen LogP contribution in [-0.4, -0.2) is 23.6 Å². The number of nitrogens with two attached hydrogens (primary N) is 1. The molecule has 0 amide bonds. The maximum absolute atomic E-state index is 13.3. The summed E-state index contributed by atoms with van der Waals surface area (Å²) in [5.74, 6) is -0.0532. The van der Waals surface area contributed by atoms with Gasteiger partial charge in [0.15, 0.2) is 5.83 Å². The molecule has 0 saturated carbocycles. The van der Waals surface area contributed by atoms with Gasteiger partial charge in [0, 0.05) is 30.0 Å². The van der Waals surface area contributed by atoms with E-state index in [9.17, 15) is 8.78 Å². The Balaban J connectivity index is 1.94. The number of rotatable bonds is 1. The van der Waals surface area contributed by atoms with Gasteiger partial charge in [0.2, 0.25) is 0 Å². The molecule has 0 aromatic carbocycles. The predicted molar refractivity (Wildman–Crippen MR) is 64.2 cm³/mol. The summed E-state index contributed by atoms with van der Waals surface area (Å²) >= 11 is 0. The van der Waals surface area contributed by atoms with E-state index in [2.05, 4.69) is 20.3 Å². The van der Waals surface area contributed by atoms with Crippen molar-refractivity contribution in [1.82, 2.24) is 10.3 Å². The Bertz CT molecular complexity index is 572. The van der Waals surface area contributed by atoms with Gasteiger partial charge in [0.25, 0.3) is 0 Å². The van der Waals surface area contributed by atoms with Gasteiger partial charge in [-0.05, 0) is 0 Å². The van der Waals surface area contributed by atoms with Crippen molar-refractivity contribution in [2.45, 2.75) is 18.8 Å². The van der Waals surface area contributed by atoms with Crippen LogP contribution < -0.4 is 11.1 Å². The lowest BCUT2D eigenvalue weighted by molar-refractivity contribution is 0.424. The number of aromatic nitrogens is 1. The van der Waals surface area contributed by atoms with E-state index in [1.54, 1.807) is 6.20 Å². The standard InChI is InChI=1S/C11H11F2N5/c12-5-1-6-7(3-16-10(6)15-2-5)11-17-4-8(13)9(14)18-11/h2-5,11,16,18H,1,14H2. The summed E-state index contributed by atoms with van der Waals surface area (Å²) in [4.78, 5) is 10.9. The van der Waals surface area contributed by atoms with Gasteiger partial charge in [-0.25, -0.2) is 13.8 Å². The summed E-state index contributed by atoms with van der Waals surface area (Å²) in [6.07, 6.45) is 2.63. The highest BCUT2D eigenvalue weighted by atomic mass is 19.1. The van der Waals surface area contributed by atoms with E-state index in [4.69, 9.17) is 5.73 Å². The lowest BCUT2D eigenvalue weighted by Crippen LogP contribution is -2.29. The minimum absolute atomic E-state index is 0.0685. The monoisotopic (exact) mass is 251 g/mol. The summed E-state index contributed by atoms with van der Waals surface area (Å²) in [6.45, 7) is 0. The maximum Gasteiger partial charge on any atom is 0.180 e. The Morgan fingerprint density at radius 2 is 2.28 bits per heavy atom. The SMILES string of the molecule is NC1=C(F)C=NC(c2c[nH]c3c2CC(F)C=N3)N1. The number of aliphatic imine (C=N–C) groups is 2. The van der Waals surface area contributed by atoms with Crippen LogP contribution in [0.5, 0.6) is 0 Å². The Hall–Kier alpha value is -2.18. The predicted octanol–water partition coefficient (Wildman–Crippen LogP) is 1.38. The summed E-state index contributed by atoms with van der Waals surface area (Å²) in [5.41, 5.74) is 6.94. The molecule has 1 aromatic rings. The minimum atomic E-state index is -1.11. The lowest BCUT2D eigenvalue weighted by Gasteiger charge is -2.21. The summed E-state index contributed by atoms with van der Waals surface area (Å²) < 4.78 is 26.4. The van der Waals surface area contributed by atoms with E-state index in [-0.39, 0.29) is 12.2 Å². The van der Waals surface area contributed by atoms with Gasteiger partial charge in [0.05, 0.1) is 6.21 Å². The van der Waals surface area contributed by atoms with E-state index in [0.29, 0.717) is 5.82 Å². The van der Waals surface area contributed by atoms with Gasteiger partial charge >= 0.3 is 0 Å². The highest BCUT2D eigenvalue weighted by Gasteiger charge is 2.25. The van der Waals surface area contributed by atoms with Crippen LogP contribution in [0, 0.1) is 0 Å². The van der Waals surface area contributed by atoms with Crippen LogP contribution in [-0.2, 0) is 6.42 Å². The van der Waals surface area contributed by atoms with Crippen LogP contribution in [0.1, 0.15) is 17.3 Å². The molecule has 2 unspecified atom stereocenters. The number of alkyl halides is 1. The Labute approximate surface area is 102 Å². The number of fused-ring (bicyclic) bond motifs is 1. The molecule has 18 heavy (non-hydrogen) atoms. The highest BCUT2D eigenvalue weighted by molar-refractivity contribution is 5.78. The zero-order valence-electron chi connectivity index (χ0n) is 9.32. The molecular formula is C11H11F2N5. The first-order valence-electron chi connectivity index (χ1n) is 5.48. The zero-order chi connectivity index (χ0) is 12.7. The molecule has 94 valence electrons. The molecule has 2 aliphatic rings. The molecular weight excluding hydrogens is 240 g/mol. The van der Waals surface area contributed by atoms with Crippen LogP contribution in [0.25, 0.3) is 0 Å². The molecule has 2 aliphatic heterocycles. The van der Waals surface area contributed by atoms with E-state index in [1.165, 1.54) is 6.21 Å². The summed E-state index contributed by atoms with van der Waals surface area (Å²) in [5, 5.41) is 2.72. The average molecular weight is 251 g/mol. The zero-order valence-corrected chi connectivity index (χ0v) is 9.32. The van der Waals surface area contributed by atoms with E-state index >= 15 is 0 Å². The minimum Gasteiger partial charge on any atom is -0.383 e. The number of H-pyrrole nitrogens is 1. The molecule has 0 saturated heterocycles. The molecule has 7 heteroatoms. The molecule has 0 radical (unpaired) electrons. The average Bonchev–Trinajstić information content (AvgIpc) is 2.75. The van der Waals surface area contributed by atoms with Crippen molar-refractivity contribution in [2.24, 2.45) is 15.7 Å². The van der Waals surface area contributed by atoms with Crippen molar-refractivity contribution in [3.05, 3.63) is 29.0 Å². The third-order valence-corrected chi connectivity index (χ3v) is 2.94. The first-order chi connectivity index (χ1) is 8.65. The second-order valence-electron chi connectivity index (χ2n) is 4.16. The van der Waals surface area contributed by atoms with Gasteiger partial charge in [-0.3, -0.25) is 4.99 Å². The third-order valence-electron chi connectivity index (χ3n) is 2.94. The number of nitrogens with one attached hydrogen (secondary N) is 2. The fraction of sp³-hybridized carbons (Fsp3) is 0.273. The van der Waals surface area contributed by atoms with Gasteiger partial charge in [-0.15, -0.1) is 0 Å². The Kier molecular flexibility index (Phi) is 2.39. The highest BCUT2D eigenvalue weighted by Crippen LogP contribution is 2.32. The normalized spacial score (nSPS) is 26.1. The molecule has 0 aliphatic carbocycles. The van der Waals surface area contributed by atoms with Crippen LogP contribution >= 0.6 is 0 Å². The smallest absolute Gasteiger partial charge is 0.180 e. The van der Waals surface area contributed by atoms with Crippen molar-refractivity contribution >= 4 is 18.2 Å². The largest absolute Gasteiger partial charge is 0.383 e. The molecule has 3 rings (SSSR count). The van der Waals surface area contributed by atoms with Crippen molar-refractivity contribution in [3.8, 4) is 0 Å². The van der Waals surface area contributed by atoms with Gasteiger partial charge in [-0.1, -0.05) is 0 Å². The number of hydrogen-bond donors (Lipinski definition) is 3. The van der Waals surface area contributed by atoms with Crippen molar-refractivity contribution in [2.75, 3.05) is 0 Å². The first-order valence-corrected chi connectivity index (χ1v) is 5.48. The molecule has 0 fully saturated rings. The maximum atomic E-state index is 13.3. The summed E-state index contributed by atoms with van der Waals surface area (Å²) in [7, 11) is 0. The number of halogens is 2. The van der Waals surface area contributed by atoms with E-state index < -0.39 is 18.2 Å². The van der Waals surface area contributed by atoms with Crippen molar-refractivity contribution < 1.29 is 8.78 Å². The van der Waals surface area contributed by atoms with Gasteiger partial charge in [-0.2, -0.15) is 0 Å². The molecule has 3 heterocycles. The molecule has 1 aromatic heterocycles. The van der Waals surface area contributed by atoms with Gasteiger partial charge in [0.1, 0.15) is 24.0 Å². The van der Waals surface area contributed by atoms with Gasteiger partial charge < -0.3 is 16.0 Å². The lowest BCUT2D eigenvalue weighted by atomic mass is 10.0. The fourth-order valence-corrected chi connectivity index (χ4v) is 2.05. The number of aromatic amines is 1. The third kappa shape index (κ3) is 1.68. The molecule has 0 spiro atoms. The Morgan fingerprint density at radius 3 is 3.06 bits per heavy atom. The topological polar surface area (TPSA) is 78.6 Å². The van der Waals surface area contributed by atoms with E-state index in [1.807, 2.05) is 0 Å². The van der Waals surface area contributed by atoms with Crippen LogP contribution in [0.4, 0.5) is 14.6 Å². The van der Waals surface area contributed by atoms with Crippen LogP contribution in [0.3, 0.4) is 0 Å². The van der Waals surface area contributed by atoms with Crippen LogP contribution in [0.2, 0.25) is 0 Å². The fourth-order valence-electron chi connectivity index (χ4n) is 2.05. The quantitative estimate of drug-likeness (QED) is 0.705. The number of hydrogen-bond acceptors (Lipinski definition) is 4. The van der Waals surface area contributed by atoms with E-state index in [0.717, 1.165) is 17.3 Å². The number of nitrogens with zero attached hydrogens (tertiary/aromatic N) is 2. The molecule has 0 bridgehead atoms. The first kappa shape index (κ1) is 10.9. The molecule has 4 N–H and O–H groups in total. The second-order valence-corrected chi connectivity index (χ2v) is 4.16. The summed E-state index contributed by atoms with van der Waals surface area (Å²) in [6, 6.07) is 0.